The van der Waals surface area contributed by atoms with Gasteiger partial charge in [0.1, 0.15) is 5.01 Å². The number of hydrogen-bond acceptors (Lipinski definition) is 6. The maximum absolute atomic E-state index is 10.6. The van der Waals surface area contributed by atoms with Crippen LogP contribution in [0.15, 0.2) is 54.6 Å². The van der Waals surface area contributed by atoms with Crippen LogP contribution in [0.5, 0.6) is 0 Å². The third-order valence-corrected chi connectivity index (χ3v) is 3.97. The molecule has 2 aromatic carbocycles. The van der Waals surface area contributed by atoms with Crippen molar-refractivity contribution >= 4 is 22.2 Å². The Labute approximate surface area is 130 Å². The number of nitrogens with one attached hydrogen (secondary N) is 1. The number of nitro groups is 1. The molecular weight excluding hydrogens is 300 g/mol. The lowest BCUT2D eigenvalue weighted by atomic mass is 10.2. The molecule has 1 aromatic heterocycles. The lowest BCUT2D eigenvalue weighted by Gasteiger charge is -2.01. The maximum atomic E-state index is 10.6. The van der Waals surface area contributed by atoms with Gasteiger partial charge in [-0.15, -0.1) is 10.2 Å². The van der Waals surface area contributed by atoms with Crippen LogP contribution in [0.3, 0.4) is 0 Å². The Morgan fingerprint density at radius 2 is 1.77 bits per heavy atom. The normalized spacial score (nSPS) is 10.4. The van der Waals surface area contributed by atoms with Gasteiger partial charge in [0.15, 0.2) is 0 Å². The summed E-state index contributed by atoms with van der Waals surface area (Å²) in [6.07, 6.45) is 0. The van der Waals surface area contributed by atoms with Gasteiger partial charge in [-0.1, -0.05) is 41.7 Å². The molecule has 0 radical (unpaired) electrons. The van der Waals surface area contributed by atoms with Crippen molar-refractivity contribution < 1.29 is 4.92 Å². The predicted octanol–water partition coefficient (Wildman–Crippen LogP) is 3.73. The van der Waals surface area contributed by atoms with E-state index in [1.54, 1.807) is 12.1 Å². The number of non-ortho nitro benzene ring substituents is 1. The van der Waals surface area contributed by atoms with Crippen LogP contribution in [-0.2, 0) is 6.54 Å². The molecule has 0 aliphatic rings. The van der Waals surface area contributed by atoms with Crippen LogP contribution in [-0.4, -0.2) is 15.1 Å². The molecule has 0 saturated carbocycles. The highest BCUT2D eigenvalue weighted by molar-refractivity contribution is 7.18. The van der Waals surface area contributed by atoms with Gasteiger partial charge in [-0.25, -0.2) is 0 Å². The summed E-state index contributed by atoms with van der Waals surface area (Å²) in [5, 5.41) is 23.5. The third-order valence-electron chi connectivity index (χ3n) is 3.04. The minimum atomic E-state index is -0.420. The molecule has 0 aliphatic heterocycles. The molecule has 0 bridgehead atoms. The van der Waals surface area contributed by atoms with Crippen molar-refractivity contribution in [1.29, 1.82) is 0 Å². The quantitative estimate of drug-likeness (QED) is 0.573. The summed E-state index contributed by atoms with van der Waals surface area (Å²) in [5.41, 5.74) is 2.04. The summed E-state index contributed by atoms with van der Waals surface area (Å²) < 4.78 is 0. The Morgan fingerprint density at radius 1 is 1.05 bits per heavy atom. The van der Waals surface area contributed by atoms with Crippen molar-refractivity contribution in [2.45, 2.75) is 6.54 Å². The second kappa shape index (κ2) is 6.31. The summed E-state index contributed by atoms with van der Waals surface area (Å²) >= 11 is 1.42. The van der Waals surface area contributed by atoms with Gasteiger partial charge in [-0.05, 0) is 17.7 Å². The smallest absolute Gasteiger partial charge is 0.269 e. The zero-order valence-electron chi connectivity index (χ0n) is 11.5. The van der Waals surface area contributed by atoms with Gasteiger partial charge in [0.05, 0.1) is 4.92 Å². The second-order valence-electron chi connectivity index (χ2n) is 4.56. The molecule has 3 aromatic rings. The summed E-state index contributed by atoms with van der Waals surface area (Å²) in [6, 6.07) is 16.3. The van der Waals surface area contributed by atoms with E-state index in [-0.39, 0.29) is 5.69 Å². The van der Waals surface area contributed by atoms with Gasteiger partial charge in [0, 0.05) is 24.2 Å². The van der Waals surface area contributed by atoms with E-state index in [0.717, 1.165) is 21.3 Å². The fourth-order valence-corrected chi connectivity index (χ4v) is 2.66. The molecule has 1 N–H and O–H groups in total. The van der Waals surface area contributed by atoms with Crippen molar-refractivity contribution in [1.82, 2.24) is 10.2 Å². The molecule has 3 rings (SSSR count). The zero-order chi connectivity index (χ0) is 15.4. The minimum absolute atomic E-state index is 0.0655. The fourth-order valence-electron chi connectivity index (χ4n) is 1.91. The number of benzene rings is 2. The molecule has 0 fully saturated rings. The van der Waals surface area contributed by atoms with E-state index in [9.17, 15) is 10.1 Å². The van der Waals surface area contributed by atoms with E-state index >= 15 is 0 Å². The summed E-state index contributed by atoms with van der Waals surface area (Å²) in [5.74, 6) is 0. The van der Waals surface area contributed by atoms with Gasteiger partial charge >= 0.3 is 0 Å². The van der Waals surface area contributed by atoms with Crippen molar-refractivity contribution in [2.75, 3.05) is 5.32 Å². The van der Waals surface area contributed by atoms with Crippen LogP contribution >= 0.6 is 11.3 Å². The SMILES string of the molecule is O=[N+]([O-])c1ccc(-c2nnc(NCc3ccccc3)s2)cc1. The molecule has 7 heteroatoms. The fraction of sp³-hybridized carbons (Fsp3) is 0.0667. The summed E-state index contributed by atoms with van der Waals surface area (Å²) in [7, 11) is 0. The second-order valence-corrected chi connectivity index (χ2v) is 5.53. The standard InChI is InChI=1S/C15H12N4O2S/c20-19(21)13-8-6-12(7-9-13)14-17-18-15(22-14)16-10-11-4-2-1-3-5-11/h1-9H,10H2,(H,16,18). The highest BCUT2D eigenvalue weighted by atomic mass is 32.1. The first-order chi connectivity index (χ1) is 10.7. The van der Waals surface area contributed by atoms with Crippen LogP contribution < -0.4 is 5.32 Å². The number of nitro benzene ring substituents is 1. The van der Waals surface area contributed by atoms with Crippen LogP contribution in [0.4, 0.5) is 10.8 Å². The number of aromatic nitrogens is 2. The summed E-state index contributed by atoms with van der Waals surface area (Å²) in [4.78, 5) is 10.2. The van der Waals surface area contributed by atoms with Gasteiger partial charge in [0.25, 0.3) is 5.69 Å². The first-order valence-corrected chi connectivity index (χ1v) is 7.40. The van der Waals surface area contributed by atoms with E-state index in [4.69, 9.17) is 0 Å². The molecule has 0 spiro atoms. The van der Waals surface area contributed by atoms with Gasteiger partial charge in [0.2, 0.25) is 5.13 Å². The Balaban J connectivity index is 1.69. The first kappa shape index (κ1) is 14.2. The van der Waals surface area contributed by atoms with E-state index in [0.29, 0.717) is 6.54 Å². The van der Waals surface area contributed by atoms with E-state index in [1.807, 2.05) is 30.3 Å². The van der Waals surface area contributed by atoms with Crippen molar-refractivity contribution in [3.05, 3.63) is 70.3 Å². The van der Waals surface area contributed by atoms with Crippen LogP contribution in [0.2, 0.25) is 0 Å². The minimum Gasteiger partial charge on any atom is -0.356 e. The van der Waals surface area contributed by atoms with Gasteiger partial charge in [-0.2, -0.15) is 0 Å². The molecule has 0 atom stereocenters. The molecule has 0 saturated heterocycles. The Bertz CT molecular complexity index is 772. The Morgan fingerprint density at radius 3 is 2.45 bits per heavy atom. The number of anilines is 1. The molecule has 0 amide bonds. The highest BCUT2D eigenvalue weighted by Crippen LogP contribution is 2.27. The number of hydrogen-bond donors (Lipinski definition) is 1. The topological polar surface area (TPSA) is 81.0 Å². The predicted molar refractivity (Wildman–Crippen MR) is 85.8 cm³/mol. The van der Waals surface area contributed by atoms with Crippen LogP contribution in [0, 0.1) is 10.1 Å². The van der Waals surface area contributed by atoms with E-state index in [2.05, 4.69) is 15.5 Å². The van der Waals surface area contributed by atoms with E-state index in [1.165, 1.54) is 23.5 Å². The Hall–Kier alpha value is -2.80. The van der Waals surface area contributed by atoms with Crippen LogP contribution in [0.1, 0.15) is 5.56 Å². The first-order valence-electron chi connectivity index (χ1n) is 6.58. The van der Waals surface area contributed by atoms with Gasteiger partial charge < -0.3 is 5.32 Å². The Kier molecular flexibility index (Phi) is 4.06. The number of nitrogens with zero attached hydrogens (tertiary/aromatic N) is 3. The highest BCUT2D eigenvalue weighted by Gasteiger charge is 2.09. The summed E-state index contributed by atoms with van der Waals surface area (Å²) in [6.45, 7) is 0.676. The van der Waals surface area contributed by atoms with Gasteiger partial charge in [-0.3, -0.25) is 10.1 Å². The molecule has 22 heavy (non-hydrogen) atoms. The monoisotopic (exact) mass is 312 g/mol. The lowest BCUT2D eigenvalue weighted by Crippen LogP contribution is -1.98. The molecule has 1 heterocycles. The maximum Gasteiger partial charge on any atom is 0.269 e. The lowest BCUT2D eigenvalue weighted by molar-refractivity contribution is -0.384. The molecule has 0 aliphatic carbocycles. The average Bonchev–Trinajstić information content (AvgIpc) is 3.03. The zero-order valence-corrected chi connectivity index (χ0v) is 12.3. The van der Waals surface area contributed by atoms with Crippen molar-refractivity contribution in [2.24, 2.45) is 0 Å². The average molecular weight is 312 g/mol. The van der Waals surface area contributed by atoms with E-state index < -0.39 is 4.92 Å². The largest absolute Gasteiger partial charge is 0.356 e. The number of rotatable bonds is 5. The van der Waals surface area contributed by atoms with Crippen LogP contribution in [0.25, 0.3) is 10.6 Å². The third kappa shape index (κ3) is 3.26. The van der Waals surface area contributed by atoms with Crippen molar-refractivity contribution in [3.63, 3.8) is 0 Å². The molecule has 0 unspecified atom stereocenters. The molecule has 6 nitrogen and oxygen atoms in total. The molecule has 110 valence electrons. The molecular formula is C15H12N4O2S. The van der Waals surface area contributed by atoms with Crippen molar-refractivity contribution in [3.8, 4) is 10.6 Å².